The lowest BCUT2D eigenvalue weighted by atomic mass is 10.0. The van der Waals surface area contributed by atoms with E-state index in [9.17, 15) is 0 Å². The van der Waals surface area contributed by atoms with Crippen molar-refractivity contribution < 1.29 is 0 Å². The molecule has 0 aliphatic heterocycles. The van der Waals surface area contributed by atoms with Crippen LogP contribution < -0.4 is 5.32 Å². The zero-order valence-electron chi connectivity index (χ0n) is 11.2. The van der Waals surface area contributed by atoms with E-state index >= 15 is 0 Å². The first kappa shape index (κ1) is 11.4. The van der Waals surface area contributed by atoms with Gasteiger partial charge in [0.25, 0.3) is 0 Å². The molecule has 6 nitrogen and oxygen atoms in total. The van der Waals surface area contributed by atoms with Gasteiger partial charge in [-0.1, -0.05) is 27.7 Å². The second kappa shape index (κ2) is 3.40. The Hall–Kier alpha value is -1.72. The molecule has 0 radical (unpaired) electrons. The minimum absolute atomic E-state index is 0.377. The average Bonchev–Trinajstić information content (AvgIpc) is 2.71. The van der Waals surface area contributed by atoms with Crippen molar-refractivity contribution in [2.24, 2.45) is 16.7 Å². The zero-order chi connectivity index (χ0) is 13.0. The van der Waals surface area contributed by atoms with Gasteiger partial charge in [0.2, 0.25) is 0 Å². The van der Waals surface area contributed by atoms with E-state index in [1.165, 1.54) is 0 Å². The third-order valence-electron chi connectivity index (χ3n) is 4.92. The number of hydrogen-bond acceptors (Lipinski definition) is 5. The van der Waals surface area contributed by atoms with Crippen molar-refractivity contribution in [1.29, 1.82) is 0 Å². The highest BCUT2D eigenvalue weighted by Gasteiger charge is 2.64. The molecule has 1 N–H and O–H groups in total. The molecule has 0 bridgehead atoms. The van der Waals surface area contributed by atoms with Gasteiger partial charge in [-0.2, -0.15) is 4.52 Å². The summed E-state index contributed by atoms with van der Waals surface area (Å²) in [5, 5.41) is 14.9. The number of tetrazole rings is 1. The maximum absolute atomic E-state index is 4.13. The summed E-state index contributed by atoms with van der Waals surface area (Å²) in [5.74, 6) is 1.49. The van der Waals surface area contributed by atoms with Crippen LogP contribution in [0.4, 0.5) is 5.82 Å². The molecule has 18 heavy (non-hydrogen) atoms. The monoisotopic (exact) mass is 246 g/mol. The molecule has 96 valence electrons. The van der Waals surface area contributed by atoms with Crippen LogP contribution in [0.15, 0.2) is 12.4 Å². The largest absolute Gasteiger partial charge is 0.368 e. The maximum atomic E-state index is 4.13. The van der Waals surface area contributed by atoms with Crippen LogP contribution in [0.1, 0.15) is 27.7 Å². The Morgan fingerprint density at radius 2 is 1.94 bits per heavy atom. The smallest absolute Gasteiger partial charge is 0.199 e. The third-order valence-corrected chi connectivity index (χ3v) is 4.92. The van der Waals surface area contributed by atoms with Crippen molar-refractivity contribution in [2.45, 2.75) is 27.7 Å². The Bertz CT molecular complexity index is 571. The van der Waals surface area contributed by atoms with Gasteiger partial charge in [0.15, 0.2) is 5.65 Å². The summed E-state index contributed by atoms with van der Waals surface area (Å²) in [4.78, 5) is 4.13. The number of fused-ring (bicyclic) bond motifs is 1. The van der Waals surface area contributed by atoms with Gasteiger partial charge in [-0.3, -0.25) is 4.98 Å². The predicted molar refractivity (Wildman–Crippen MR) is 68.1 cm³/mol. The average molecular weight is 246 g/mol. The summed E-state index contributed by atoms with van der Waals surface area (Å²) in [6.45, 7) is 10.2. The normalized spacial score (nSPS) is 21.1. The van der Waals surface area contributed by atoms with Gasteiger partial charge in [0, 0.05) is 6.54 Å². The summed E-state index contributed by atoms with van der Waals surface area (Å²) in [6.07, 6.45) is 3.40. The summed E-state index contributed by atoms with van der Waals surface area (Å²) >= 11 is 0. The molecule has 2 heterocycles. The van der Waals surface area contributed by atoms with Crippen molar-refractivity contribution in [1.82, 2.24) is 25.0 Å². The highest BCUT2D eigenvalue weighted by molar-refractivity contribution is 5.44. The van der Waals surface area contributed by atoms with E-state index < -0.39 is 0 Å². The van der Waals surface area contributed by atoms with Crippen molar-refractivity contribution in [3.8, 4) is 0 Å². The summed E-state index contributed by atoms with van der Waals surface area (Å²) in [6, 6.07) is 0. The highest BCUT2D eigenvalue weighted by atomic mass is 15.5. The molecule has 1 aliphatic carbocycles. The van der Waals surface area contributed by atoms with E-state index in [2.05, 4.69) is 53.5 Å². The fourth-order valence-corrected chi connectivity index (χ4v) is 2.85. The molecular weight excluding hydrogens is 228 g/mol. The van der Waals surface area contributed by atoms with Crippen molar-refractivity contribution in [3.05, 3.63) is 12.4 Å². The number of aromatic nitrogens is 5. The highest BCUT2D eigenvalue weighted by Crippen LogP contribution is 2.68. The number of hydrogen-bond donors (Lipinski definition) is 1. The van der Waals surface area contributed by atoms with Crippen LogP contribution >= 0.6 is 0 Å². The summed E-state index contributed by atoms with van der Waals surface area (Å²) in [5.41, 5.74) is 1.42. The van der Waals surface area contributed by atoms with Crippen LogP contribution in [0.5, 0.6) is 0 Å². The minimum atomic E-state index is 0.377. The van der Waals surface area contributed by atoms with Gasteiger partial charge < -0.3 is 5.32 Å². The second-order valence-corrected chi connectivity index (χ2v) is 6.12. The van der Waals surface area contributed by atoms with Gasteiger partial charge in [0.1, 0.15) is 5.82 Å². The fraction of sp³-hybridized carbons (Fsp3) is 0.667. The van der Waals surface area contributed by atoms with Gasteiger partial charge in [-0.05, 0) is 27.2 Å². The Morgan fingerprint density at radius 3 is 2.61 bits per heavy atom. The fourth-order valence-electron chi connectivity index (χ4n) is 2.85. The zero-order valence-corrected chi connectivity index (χ0v) is 11.2. The van der Waals surface area contributed by atoms with E-state index in [-0.39, 0.29) is 0 Å². The topological polar surface area (TPSA) is 68.0 Å². The summed E-state index contributed by atoms with van der Waals surface area (Å²) < 4.78 is 1.68. The molecule has 1 saturated carbocycles. The molecule has 2 aromatic heterocycles. The van der Waals surface area contributed by atoms with Gasteiger partial charge in [-0.15, -0.1) is 5.10 Å². The lowest BCUT2D eigenvalue weighted by Crippen LogP contribution is -2.11. The molecule has 1 aliphatic rings. The first-order valence-electron chi connectivity index (χ1n) is 6.20. The van der Waals surface area contributed by atoms with E-state index in [0.717, 1.165) is 12.4 Å². The number of rotatable bonds is 3. The Balaban J connectivity index is 1.77. The molecule has 0 atom stereocenters. The number of anilines is 1. The maximum Gasteiger partial charge on any atom is 0.199 e. The van der Waals surface area contributed by atoms with Gasteiger partial charge in [0.05, 0.1) is 12.4 Å². The Kier molecular flexibility index (Phi) is 2.15. The Labute approximate surface area is 106 Å². The van der Waals surface area contributed by atoms with Crippen molar-refractivity contribution in [2.75, 3.05) is 11.9 Å². The quantitative estimate of drug-likeness (QED) is 0.891. The first-order chi connectivity index (χ1) is 8.44. The van der Waals surface area contributed by atoms with Crippen LogP contribution in [0, 0.1) is 16.7 Å². The van der Waals surface area contributed by atoms with E-state index in [0.29, 0.717) is 22.4 Å². The van der Waals surface area contributed by atoms with E-state index in [4.69, 9.17) is 0 Å². The SMILES string of the molecule is CC1(C)C(CNc2cncc3nnnn23)C1(C)C. The predicted octanol–water partition coefficient (Wildman–Crippen LogP) is 1.61. The lowest BCUT2D eigenvalue weighted by molar-refractivity contribution is 0.457. The van der Waals surface area contributed by atoms with Crippen LogP contribution in [0.2, 0.25) is 0 Å². The van der Waals surface area contributed by atoms with Crippen LogP contribution in [-0.4, -0.2) is 31.6 Å². The second-order valence-electron chi connectivity index (χ2n) is 6.12. The summed E-state index contributed by atoms with van der Waals surface area (Å²) in [7, 11) is 0. The molecule has 6 heteroatoms. The minimum Gasteiger partial charge on any atom is -0.368 e. The molecule has 0 unspecified atom stereocenters. The Morgan fingerprint density at radius 1 is 1.22 bits per heavy atom. The van der Waals surface area contributed by atoms with Gasteiger partial charge >= 0.3 is 0 Å². The third kappa shape index (κ3) is 1.41. The number of nitrogens with one attached hydrogen (secondary N) is 1. The van der Waals surface area contributed by atoms with Crippen molar-refractivity contribution >= 4 is 11.5 Å². The molecule has 3 rings (SSSR count). The first-order valence-corrected chi connectivity index (χ1v) is 6.20. The van der Waals surface area contributed by atoms with Crippen LogP contribution in [0.3, 0.4) is 0 Å². The van der Waals surface area contributed by atoms with Crippen molar-refractivity contribution in [3.63, 3.8) is 0 Å². The standard InChI is InChI=1S/C12H18N6/c1-11(2)8(12(11,3)4)5-14-9-6-13-7-10-15-16-17-18(9)10/h6-8,14H,5H2,1-4H3. The molecule has 1 fully saturated rings. The molecule has 0 saturated heterocycles. The van der Waals surface area contributed by atoms with Gasteiger partial charge in [-0.25, -0.2) is 0 Å². The molecular formula is C12H18N6. The molecule has 0 aromatic carbocycles. The van der Waals surface area contributed by atoms with E-state index in [1.54, 1.807) is 16.9 Å². The van der Waals surface area contributed by atoms with Crippen LogP contribution in [0.25, 0.3) is 5.65 Å². The molecule has 2 aromatic rings. The lowest BCUT2D eigenvalue weighted by Gasteiger charge is -2.07. The van der Waals surface area contributed by atoms with E-state index in [1.807, 2.05) is 0 Å². The molecule has 0 amide bonds. The number of nitrogens with zero attached hydrogens (tertiary/aromatic N) is 5. The molecule has 0 spiro atoms. The van der Waals surface area contributed by atoms with Crippen LogP contribution in [-0.2, 0) is 0 Å².